The fourth-order valence-corrected chi connectivity index (χ4v) is 3.12. The van der Waals surface area contributed by atoms with E-state index in [4.69, 9.17) is 0 Å². The third-order valence-electron chi connectivity index (χ3n) is 4.37. The topological polar surface area (TPSA) is 84.1 Å². The molecule has 2 aromatic carbocycles. The number of rotatable bonds is 4. The van der Waals surface area contributed by atoms with E-state index >= 15 is 0 Å². The molecule has 1 atom stereocenters. The van der Waals surface area contributed by atoms with Crippen molar-refractivity contribution in [1.29, 1.82) is 0 Å². The van der Waals surface area contributed by atoms with E-state index in [0.717, 1.165) is 16.8 Å². The lowest BCUT2D eigenvalue weighted by Crippen LogP contribution is -2.35. The first-order valence-electron chi connectivity index (χ1n) is 8.24. The highest BCUT2D eigenvalue weighted by Gasteiger charge is 2.31. The smallest absolute Gasteiger partial charge is 0.323 e. The van der Waals surface area contributed by atoms with Gasteiger partial charge in [-0.25, -0.2) is 0 Å². The van der Waals surface area contributed by atoms with Gasteiger partial charge in [-0.15, -0.1) is 0 Å². The molecular weight excluding hydrogens is 330 g/mol. The summed E-state index contributed by atoms with van der Waals surface area (Å²) in [6.07, 6.45) is 2.01. The summed E-state index contributed by atoms with van der Waals surface area (Å²) in [5, 5.41) is 21.3. The van der Waals surface area contributed by atoms with Crippen molar-refractivity contribution in [3.63, 3.8) is 0 Å². The summed E-state index contributed by atoms with van der Waals surface area (Å²) in [6.45, 7) is 1.81. The summed E-state index contributed by atoms with van der Waals surface area (Å²) >= 11 is 0. The number of allylic oxidation sites excluding steroid dienone is 1. The Morgan fingerprint density at radius 2 is 1.85 bits per heavy atom. The second kappa shape index (κ2) is 6.44. The monoisotopic (exact) mass is 347 g/mol. The molecule has 7 nitrogen and oxygen atoms in total. The molecule has 0 bridgehead atoms. The van der Waals surface area contributed by atoms with Crippen LogP contribution >= 0.6 is 0 Å². The lowest BCUT2D eigenvalue weighted by Gasteiger charge is -2.31. The normalized spacial score (nSPS) is 16.1. The van der Waals surface area contributed by atoms with Crippen molar-refractivity contribution in [1.82, 2.24) is 20.2 Å². The van der Waals surface area contributed by atoms with Gasteiger partial charge in [0.25, 0.3) is 5.95 Å². The summed E-state index contributed by atoms with van der Waals surface area (Å²) < 4.78 is 1.65. The first-order valence-corrected chi connectivity index (χ1v) is 8.24. The molecule has 26 heavy (non-hydrogen) atoms. The number of benzene rings is 2. The number of nitrogens with zero attached hydrogens (tertiary/aromatic N) is 5. The lowest BCUT2D eigenvalue weighted by atomic mass is 10.00. The molecule has 1 aromatic heterocycles. The van der Waals surface area contributed by atoms with Gasteiger partial charge in [-0.1, -0.05) is 65.3 Å². The van der Waals surface area contributed by atoms with Gasteiger partial charge in [0.2, 0.25) is 0 Å². The van der Waals surface area contributed by atoms with Crippen LogP contribution in [-0.2, 0) is 4.79 Å². The van der Waals surface area contributed by atoms with Gasteiger partial charge in [-0.05, 0) is 34.6 Å². The Morgan fingerprint density at radius 3 is 2.54 bits per heavy atom. The van der Waals surface area contributed by atoms with E-state index < -0.39 is 5.97 Å². The SMILES string of the molecule is Cc1ccc(C2C=C(c3ccccc3)N(CC(=O)O)c3nnnn32)cc1. The lowest BCUT2D eigenvalue weighted by molar-refractivity contribution is -0.135. The van der Waals surface area contributed by atoms with Crippen LogP contribution in [0.1, 0.15) is 22.7 Å². The highest BCUT2D eigenvalue weighted by molar-refractivity contribution is 5.85. The molecule has 1 N–H and O–H groups in total. The zero-order chi connectivity index (χ0) is 18.1. The fraction of sp³-hybridized carbons (Fsp3) is 0.158. The number of carboxylic acid groups (broad SMARTS) is 1. The number of carbonyl (C=O) groups is 1. The van der Waals surface area contributed by atoms with Crippen LogP contribution in [-0.4, -0.2) is 37.8 Å². The van der Waals surface area contributed by atoms with Crippen LogP contribution in [0, 0.1) is 6.92 Å². The molecule has 130 valence electrons. The molecule has 1 aliphatic heterocycles. The van der Waals surface area contributed by atoms with E-state index in [1.54, 1.807) is 9.58 Å². The van der Waals surface area contributed by atoms with Gasteiger partial charge >= 0.3 is 5.97 Å². The second-order valence-corrected chi connectivity index (χ2v) is 6.18. The fourth-order valence-electron chi connectivity index (χ4n) is 3.12. The van der Waals surface area contributed by atoms with Gasteiger partial charge in [-0.2, -0.15) is 4.68 Å². The van der Waals surface area contributed by atoms with Crippen LogP contribution < -0.4 is 4.90 Å². The van der Waals surface area contributed by atoms with E-state index in [0.29, 0.717) is 5.95 Å². The van der Waals surface area contributed by atoms with Crippen LogP contribution in [0.3, 0.4) is 0 Å². The van der Waals surface area contributed by atoms with Crippen LogP contribution in [0.15, 0.2) is 60.7 Å². The molecule has 4 rings (SSSR count). The molecule has 0 spiro atoms. The summed E-state index contributed by atoms with van der Waals surface area (Å²) in [6, 6.07) is 17.6. The van der Waals surface area contributed by atoms with Crippen molar-refractivity contribution < 1.29 is 9.90 Å². The summed E-state index contributed by atoms with van der Waals surface area (Å²) in [7, 11) is 0. The maximum absolute atomic E-state index is 11.4. The van der Waals surface area contributed by atoms with Crippen molar-refractivity contribution in [2.24, 2.45) is 0 Å². The summed E-state index contributed by atoms with van der Waals surface area (Å²) in [4.78, 5) is 13.0. The minimum atomic E-state index is -0.949. The van der Waals surface area contributed by atoms with Gasteiger partial charge in [-0.3, -0.25) is 9.69 Å². The van der Waals surface area contributed by atoms with E-state index in [9.17, 15) is 9.90 Å². The van der Waals surface area contributed by atoms with Crippen LogP contribution in [0.5, 0.6) is 0 Å². The average Bonchev–Trinajstić information content (AvgIpc) is 3.13. The minimum Gasteiger partial charge on any atom is -0.480 e. The molecule has 0 saturated heterocycles. The van der Waals surface area contributed by atoms with E-state index in [1.807, 2.05) is 67.6 Å². The quantitative estimate of drug-likeness (QED) is 0.781. The highest BCUT2D eigenvalue weighted by atomic mass is 16.4. The predicted molar refractivity (Wildman–Crippen MR) is 96.5 cm³/mol. The van der Waals surface area contributed by atoms with Crippen LogP contribution in [0.4, 0.5) is 5.95 Å². The number of anilines is 1. The Morgan fingerprint density at radius 1 is 1.12 bits per heavy atom. The van der Waals surface area contributed by atoms with E-state index in [1.165, 1.54) is 5.56 Å². The van der Waals surface area contributed by atoms with Crippen molar-refractivity contribution >= 4 is 17.6 Å². The first-order chi connectivity index (χ1) is 12.6. The number of tetrazole rings is 1. The van der Waals surface area contributed by atoms with Crippen molar-refractivity contribution in [2.45, 2.75) is 13.0 Å². The standard InChI is InChI=1S/C19H17N5O2/c1-13-7-9-15(10-8-13)17-11-16(14-5-3-2-4-6-14)23(12-18(25)26)19-20-21-22-24(17)19/h2-11,17H,12H2,1H3,(H,25,26). The predicted octanol–water partition coefficient (Wildman–Crippen LogP) is 2.52. The number of fused-ring (bicyclic) bond motifs is 1. The molecule has 0 aliphatic carbocycles. The van der Waals surface area contributed by atoms with Gasteiger partial charge in [0.15, 0.2) is 0 Å². The maximum Gasteiger partial charge on any atom is 0.323 e. The molecule has 0 fully saturated rings. The zero-order valence-corrected chi connectivity index (χ0v) is 14.1. The third kappa shape index (κ3) is 2.83. The molecule has 7 heteroatoms. The van der Waals surface area contributed by atoms with E-state index in [-0.39, 0.29) is 12.6 Å². The molecule has 0 saturated carbocycles. The van der Waals surface area contributed by atoms with Gasteiger partial charge in [0.05, 0.1) is 5.70 Å². The molecule has 1 aliphatic rings. The Balaban J connectivity index is 1.87. The first kappa shape index (κ1) is 16.0. The van der Waals surface area contributed by atoms with Gasteiger partial charge in [0, 0.05) is 0 Å². The van der Waals surface area contributed by atoms with Crippen molar-refractivity contribution in [3.05, 3.63) is 77.4 Å². The van der Waals surface area contributed by atoms with Gasteiger partial charge < -0.3 is 5.11 Å². The second-order valence-electron chi connectivity index (χ2n) is 6.18. The number of hydrogen-bond donors (Lipinski definition) is 1. The Labute approximate surface area is 150 Å². The Hall–Kier alpha value is -3.48. The van der Waals surface area contributed by atoms with Crippen molar-refractivity contribution in [2.75, 3.05) is 11.4 Å². The molecular formula is C19H17N5O2. The molecule has 1 unspecified atom stereocenters. The zero-order valence-electron chi connectivity index (χ0n) is 14.1. The molecule has 2 heterocycles. The number of aliphatic carboxylic acids is 1. The van der Waals surface area contributed by atoms with Crippen LogP contribution in [0.2, 0.25) is 0 Å². The van der Waals surface area contributed by atoms with Crippen molar-refractivity contribution in [3.8, 4) is 0 Å². The van der Waals surface area contributed by atoms with Crippen LogP contribution in [0.25, 0.3) is 5.70 Å². The maximum atomic E-state index is 11.4. The Bertz CT molecular complexity index is 963. The number of aromatic nitrogens is 4. The third-order valence-corrected chi connectivity index (χ3v) is 4.37. The number of aryl methyl sites for hydroxylation is 1. The minimum absolute atomic E-state index is 0.208. The summed E-state index contributed by atoms with van der Waals surface area (Å²) in [5.74, 6) is -0.533. The van der Waals surface area contributed by atoms with Gasteiger partial charge in [0.1, 0.15) is 12.6 Å². The number of carboxylic acids is 1. The largest absolute Gasteiger partial charge is 0.480 e. The highest BCUT2D eigenvalue weighted by Crippen LogP contribution is 2.35. The molecule has 3 aromatic rings. The summed E-state index contributed by atoms with van der Waals surface area (Å²) in [5.41, 5.74) is 3.90. The van der Waals surface area contributed by atoms with E-state index in [2.05, 4.69) is 15.5 Å². The number of hydrogen-bond acceptors (Lipinski definition) is 5. The molecule has 0 amide bonds. The average molecular weight is 347 g/mol. The molecule has 0 radical (unpaired) electrons. The Kier molecular flexibility index (Phi) is 3.96.